The first-order valence-electron chi connectivity index (χ1n) is 5.53. The molecule has 0 saturated carbocycles. The van der Waals surface area contributed by atoms with Crippen LogP contribution in [0, 0.1) is 5.82 Å². The van der Waals surface area contributed by atoms with Crippen molar-refractivity contribution in [2.24, 2.45) is 0 Å². The van der Waals surface area contributed by atoms with E-state index in [0.717, 1.165) is 28.2 Å². The molecule has 0 radical (unpaired) electrons. The van der Waals surface area contributed by atoms with E-state index in [1.54, 1.807) is 11.3 Å². The van der Waals surface area contributed by atoms with E-state index in [1.807, 2.05) is 6.07 Å². The molecule has 0 spiro atoms. The molecule has 1 aliphatic heterocycles. The fourth-order valence-electron chi connectivity index (χ4n) is 2.27. The van der Waals surface area contributed by atoms with Crippen molar-refractivity contribution in [1.29, 1.82) is 0 Å². The van der Waals surface area contributed by atoms with Crippen LogP contribution in [-0.4, -0.2) is 17.6 Å². The molecule has 1 aromatic heterocycles. The number of fused-ring (bicyclic) bond motifs is 1. The number of aromatic nitrogens is 1. The Hall–Kier alpha value is -1.00. The minimum atomic E-state index is -0.207. The van der Waals surface area contributed by atoms with Crippen LogP contribution in [0.2, 0.25) is 0 Å². The molecule has 2 unspecified atom stereocenters. The van der Waals surface area contributed by atoms with E-state index in [4.69, 9.17) is 0 Å². The van der Waals surface area contributed by atoms with Crippen molar-refractivity contribution in [2.75, 3.05) is 6.54 Å². The Morgan fingerprint density at radius 2 is 2.38 bits per heavy atom. The summed E-state index contributed by atoms with van der Waals surface area (Å²) < 4.78 is 14.1. The van der Waals surface area contributed by atoms with E-state index >= 15 is 0 Å². The molecule has 1 fully saturated rings. The lowest BCUT2D eigenvalue weighted by atomic mass is 10.0. The Bertz CT molecular complexity index is 523. The van der Waals surface area contributed by atoms with E-state index in [0.29, 0.717) is 12.0 Å². The van der Waals surface area contributed by atoms with Gasteiger partial charge in [-0.2, -0.15) is 0 Å². The second-order valence-corrected chi connectivity index (χ2v) is 5.36. The van der Waals surface area contributed by atoms with Crippen molar-refractivity contribution in [3.8, 4) is 0 Å². The van der Waals surface area contributed by atoms with Gasteiger partial charge in [0, 0.05) is 18.0 Å². The number of nitrogens with one attached hydrogen (secondary N) is 1. The Balaban J connectivity index is 2.04. The number of hydrogen-bond acceptors (Lipinski definition) is 3. The maximum atomic E-state index is 13.1. The summed E-state index contributed by atoms with van der Waals surface area (Å²) in [6, 6.07) is 5.31. The van der Waals surface area contributed by atoms with Crippen molar-refractivity contribution in [3.05, 3.63) is 29.0 Å². The monoisotopic (exact) mass is 236 g/mol. The normalized spacial score (nSPS) is 25.4. The largest absolute Gasteiger partial charge is 0.314 e. The van der Waals surface area contributed by atoms with Crippen LogP contribution < -0.4 is 5.32 Å². The lowest BCUT2D eigenvalue weighted by Crippen LogP contribution is -2.21. The highest BCUT2D eigenvalue weighted by molar-refractivity contribution is 7.18. The highest BCUT2D eigenvalue weighted by Gasteiger charge is 2.27. The first-order chi connectivity index (χ1) is 7.74. The van der Waals surface area contributed by atoms with E-state index < -0.39 is 0 Å². The number of nitrogens with zero attached hydrogens (tertiary/aromatic N) is 1. The molecule has 0 bridgehead atoms. The second-order valence-electron chi connectivity index (χ2n) is 4.30. The molecule has 2 atom stereocenters. The van der Waals surface area contributed by atoms with Gasteiger partial charge >= 0.3 is 0 Å². The summed E-state index contributed by atoms with van der Waals surface area (Å²) >= 11 is 1.69. The molecule has 2 heterocycles. The van der Waals surface area contributed by atoms with Crippen LogP contribution in [0.1, 0.15) is 24.3 Å². The lowest BCUT2D eigenvalue weighted by Gasteiger charge is -2.10. The highest BCUT2D eigenvalue weighted by Crippen LogP contribution is 2.33. The fourth-order valence-corrected chi connectivity index (χ4v) is 3.46. The summed E-state index contributed by atoms with van der Waals surface area (Å²) in [5.74, 6) is 0.280. The average Bonchev–Trinajstić information content (AvgIpc) is 2.82. The molecule has 1 saturated heterocycles. The smallest absolute Gasteiger partial charge is 0.125 e. The van der Waals surface area contributed by atoms with Crippen molar-refractivity contribution < 1.29 is 4.39 Å². The molecular formula is C12H13FN2S. The van der Waals surface area contributed by atoms with Crippen LogP contribution in [-0.2, 0) is 0 Å². The zero-order chi connectivity index (χ0) is 11.1. The lowest BCUT2D eigenvalue weighted by molar-refractivity contribution is 0.592. The van der Waals surface area contributed by atoms with Gasteiger partial charge in [0.05, 0.1) is 15.2 Å². The first kappa shape index (κ1) is 10.2. The van der Waals surface area contributed by atoms with Gasteiger partial charge in [0.1, 0.15) is 5.82 Å². The zero-order valence-electron chi connectivity index (χ0n) is 9.03. The Morgan fingerprint density at radius 1 is 1.50 bits per heavy atom. The summed E-state index contributed by atoms with van der Waals surface area (Å²) in [5.41, 5.74) is 0.791. The molecule has 0 aliphatic carbocycles. The van der Waals surface area contributed by atoms with Crippen molar-refractivity contribution >= 4 is 21.6 Å². The molecule has 1 N–H and O–H groups in total. The quantitative estimate of drug-likeness (QED) is 0.823. The molecule has 2 nitrogen and oxygen atoms in total. The second kappa shape index (κ2) is 3.79. The van der Waals surface area contributed by atoms with E-state index in [-0.39, 0.29) is 5.82 Å². The molecule has 16 heavy (non-hydrogen) atoms. The first-order valence-corrected chi connectivity index (χ1v) is 6.35. The van der Waals surface area contributed by atoms with Gasteiger partial charge in [-0.1, -0.05) is 0 Å². The number of halogens is 1. The predicted molar refractivity (Wildman–Crippen MR) is 64.4 cm³/mol. The Kier molecular flexibility index (Phi) is 2.41. The van der Waals surface area contributed by atoms with Crippen molar-refractivity contribution in [2.45, 2.75) is 25.3 Å². The van der Waals surface area contributed by atoms with E-state index in [1.165, 1.54) is 12.1 Å². The van der Waals surface area contributed by atoms with Gasteiger partial charge in [-0.25, -0.2) is 9.37 Å². The third-order valence-corrected chi connectivity index (χ3v) is 4.38. The average molecular weight is 236 g/mol. The molecule has 1 aliphatic rings. The van der Waals surface area contributed by atoms with Gasteiger partial charge in [0.25, 0.3) is 0 Å². The van der Waals surface area contributed by atoms with Crippen LogP contribution in [0.4, 0.5) is 4.39 Å². The van der Waals surface area contributed by atoms with Gasteiger partial charge in [0.15, 0.2) is 0 Å². The Labute approximate surface area is 97.5 Å². The summed E-state index contributed by atoms with van der Waals surface area (Å²) in [6.07, 6.45) is 1.13. The third kappa shape index (κ3) is 1.62. The van der Waals surface area contributed by atoms with Crippen LogP contribution >= 0.6 is 11.3 Å². The summed E-state index contributed by atoms with van der Waals surface area (Å²) in [4.78, 5) is 4.54. The number of benzene rings is 1. The van der Waals surface area contributed by atoms with E-state index in [2.05, 4.69) is 17.2 Å². The number of hydrogen-bond donors (Lipinski definition) is 1. The summed E-state index contributed by atoms with van der Waals surface area (Å²) in [7, 11) is 0. The van der Waals surface area contributed by atoms with Gasteiger partial charge in [-0.05, 0) is 32.0 Å². The van der Waals surface area contributed by atoms with Crippen LogP contribution in [0.3, 0.4) is 0 Å². The topological polar surface area (TPSA) is 24.9 Å². The molecule has 3 rings (SSSR count). The van der Waals surface area contributed by atoms with Crippen LogP contribution in [0.25, 0.3) is 10.2 Å². The molecule has 1 aromatic carbocycles. The van der Waals surface area contributed by atoms with Gasteiger partial charge in [0.2, 0.25) is 0 Å². The van der Waals surface area contributed by atoms with Gasteiger partial charge < -0.3 is 5.32 Å². The molecular weight excluding hydrogens is 223 g/mol. The number of thiazole rings is 1. The molecule has 4 heteroatoms. The van der Waals surface area contributed by atoms with Crippen molar-refractivity contribution in [3.63, 3.8) is 0 Å². The Morgan fingerprint density at radius 3 is 3.12 bits per heavy atom. The highest BCUT2D eigenvalue weighted by atomic mass is 32.1. The SMILES string of the molecule is CC1NCCC1c1nc2cc(F)ccc2s1. The predicted octanol–water partition coefficient (Wildman–Crippen LogP) is 2.90. The standard InChI is InChI=1S/C12H13FN2S/c1-7-9(4-5-14-7)12-15-10-6-8(13)2-3-11(10)16-12/h2-3,6-7,9,14H,4-5H2,1H3. The third-order valence-electron chi connectivity index (χ3n) is 3.21. The maximum absolute atomic E-state index is 13.1. The van der Waals surface area contributed by atoms with Gasteiger partial charge in [-0.3, -0.25) is 0 Å². The number of rotatable bonds is 1. The minimum Gasteiger partial charge on any atom is -0.314 e. The van der Waals surface area contributed by atoms with E-state index in [9.17, 15) is 4.39 Å². The van der Waals surface area contributed by atoms with Crippen LogP contribution in [0.15, 0.2) is 18.2 Å². The fraction of sp³-hybridized carbons (Fsp3) is 0.417. The van der Waals surface area contributed by atoms with Crippen molar-refractivity contribution in [1.82, 2.24) is 10.3 Å². The van der Waals surface area contributed by atoms with Crippen LogP contribution in [0.5, 0.6) is 0 Å². The minimum absolute atomic E-state index is 0.207. The van der Waals surface area contributed by atoms with Gasteiger partial charge in [-0.15, -0.1) is 11.3 Å². The molecule has 0 amide bonds. The zero-order valence-corrected chi connectivity index (χ0v) is 9.85. The maximum Gasteiger partial charge on any atom is 0.125 e. The molecule has 2 aromatic rings. The molecule has 84 valence electrons. The summed E-state index contributed by atoms with van der Waals surface area (Å²) in [6.45, 7) is 3.24. The summed E-state index contributed by atoms with van der Waals surface area (Å²) in [5, 5.41) is 4.55.